The third-order valence-electron chi connectivity index (χ3n) is 4.75. The van der Waals surface area contributed by atoms with Gasteiger partial charge < -0.3 is 19.4 Å². The lowest BCUT2D eigenvalue weighted by molar-refractivity contribution is 0.0518. The highest BCUT2D eigenvalue weighted by Crippen LogP contribution is 2.23. The molecule has 2 aromatic heterocycles. The standard InChI is InChI=1S/C21H28N2O5S/c1-6-28-21(26)18-13(2)17(14(3)22-18)19(24)15(4)23(10-8-11-27-5)20(25)16-9-7-12-29-16/h7,9,12,15,22H,6,8,10-11H2,1-5H3. The van der Waals surface area contributed by atoms with E-state index in [0.717, 1.165) is 0 Å². The number of nitrogens with zero attached hydrogens (tertiary/aromatic N) is 1. The number of nitrogens with one attached hydrogen (secondary N) is 1. The first-order valence-corrected chi connectivity index (χ1v) is 10.4. The van der Waals surface area contributed by atoms with Crippen molar-refractivity contribution in [1.82, 2.24) is 9.88 Å². The van der Waals surface area contributed by atoms with Crippen molar-refractivity contribution in [2.24, 2.45) is 0 Å². The second-order valence-corrected chi connectivity index (χ2v) is 7.66. The van der Waals surface area contributed by atoms with E-state index in [1.807, 2.05) is 11.4 Å². The molecule has 0 spiro atoms. The van der Waals surface area contributed by atoms with Crippen molar-refractivity contribution >= 4 is 29.0 Å². The number of Topliss-reactive ketones (excluding diaryl/α,β-unsaturated/α-hetero) is 1. The maximum absolute atomic E-state index is 13.3. The monoisotopic (exact) mass is 420 g/mol. The van der Waals surface area contributed by atoms with Crippen LogP contribution in [-0.4, -0.2) is 60.5 Å². The topological polar surface area (TPSA) is 88.7 Å². The Bertz CT molecular complexity index is 857. The number of methoxy groups -OCH3 is 1. The number of esters is 1. The molecule has 1 amide bonds. The van der Waals surface area contributed by atoms with Crippen molar-refractivity contribution in [3.8, 4) is 0 Å². The zero-order valence-corrected chi connectivity index (χ0v) is 18.4. The van der Waals surface area contributed by atoms with E-state index in [9.17, 15) is 14.4 Å². The molecule has 29 heavy (non-hydrogen) atoms. The van der Waals surface area contributed by atoms with E-state index >= 15 is 0 Å². The van der Waals surface area contributed by atoms with Gasteiger partial charge in [-0.15, -0.1) is 11.3 Å². The summed E-state index contributed by atoms with van der Waals surface area (Å²) in [5.41, 5.74) is 1.83. The van der Waals surface area contributed by atoms with E-state index in [1.165, 1.54) is 11.3 Å². The van der Waals surface area contributed by atoms with Gasteiger partial charge in [0.05, 0.1) is 17.5 Å². The molecule has 2 aromatic rings. The molecule has 158 valence electrons. The summed E-state index contributed by atoms with van der Waals surface area (Å²) in [5, 5.41) is 1.83. The van der Waals surface area contributed by atoms with Gasteiger partial charge in [0.1, 0.15) is 5.69 Å². The zero-order chi connectivity index (χ0) is 21.6. The third-order valence-corrected chi connectivity index (χ3v) is 5.61. The summed E-state index contributed by atoms with van der Waals surface area (Å²) in [7, 11) is 1.60. The van der Waals surface area contributed by atoms with Gasteiger partial charge in [-0.25, -0.2) is 4.79 Å². The van der Waals surface area contributed by atoms with Crippen LogP contribution in [-0.2, 0) is 9.47 Å². The molecule has 0 aliphatic heterocycles. The number of carbonyl (C=O) groups is 3. The van der Waals surface area contributed by atoms with Crippen molar-refractivity contribution < 1.29 is 23.9 Å². The molecule has 0 bridgehead atoms. The highest BCUT2D eigenvalue weighted by molar-refractivity contribution is 7.12. The van der Waals surface area contributed by atoms with Gasteiger partial charge in [0.2, 0.25) is 0 Å². The predicted octanol–water partition coefficient (Wildman–Crippen LogP) is 3.62. The lowest BCUT2D eigenvalue weighted by Crippen LogP contribution is -2.44. The molecule has 0 saturated heterocycles. The van der Waals surface area contributed by atoms with Gasteiger partial charge in [0.25, 0.3) is 5.91 Å². The number of thiophene rings is 1. The van der Waals surface area contributed by atoms with Crippen LogP contribution in [0.3, 0.4) is 0 Å². The Labute approximate surface area is 175 Å². The number of H-pyrrole nitrogens is 1. The van der Waals surface area contributed by atoms with Crippen molar-refractivity contribution in [3.05, 3.63) is 44.9 Å². The zero-order valence-electron chi connectivity index (χ0n) is 17.5. The molecule has 2 heterocycles. The molecule has 0 saturated carbocycles. The van der Waals surface area contributed by atoms with E-state index in [1.54, 1.807) is 45.8 Å². The lowest BCUT2D eigenvalue weighted by Gasteiger charge is -2.28. The quantitative estimate of drug-likeness (QED) is 0.360. The number of hydrogen-bond acceptors (Lipinski definition) is 6. The Morgan fingerprint density at radius 2 is 2.00 bits per heavy atom. The number of rotatable bonds is 10. The van der Waals surface area contributed by atoms with Crippen LogP contribution in [0.1, 0.15) is 62.0 Å². The Kier molecular flexibility index (Phi) is 8.16. The average molecular weight is 421 g/mol. The summed E-state index contributed by atoms with van der Waals surface area (Å²) in [5.74, 6) is -0.894. The van der Waals surface area contributed by atoms with E-state index < -0.39 is 12.0 Å². The van der Waals surface area contributed by atoms with E-state index in [0.29, 0.717) is 41.3 Å². The number of ether oxygens (including phenoxy) is 2. The Balaban J connectivity index is 2.33. The van der Waals surface area contributed by atoms with Crippen LogP contribution in [0, 0.1) is 13.8 Å². The molecular formula is C21H28N2O5S. The van der Waals surface area contributed by atoms with Crippen LogP contribution in [0.4, 0.5) is 0 Å². The molecule has 1 N–H and O–H groups in total. The molecule has 8 heteroatoms. The van der Waals surface area contributed by atoms with Crippen LogP contribution in [0.25, 0.3) is 0 Å². The summed E-state index contributed by atoms with van der Waals surface area (Å²) in [6.45, 7) is 8.04. The van der Waals surface area contributed by atoms with Crippen LogP contribution in [0.15, 0.2) is 17.5 Å². The van der Waals surface area contributed by atoms with Crippen LogP contribution in [0.2, 0.25) is 0 Å². The number of aromatic nitrogens is 1. The SMILES string of the molecule is CCOC(=O)c1[nH]c(C)c(C(=O)C(C)N(CCCOC)C(=O)c2cccs2)c1C. The van der Waals surface area contributed by atoms with Crippen molar-refractivity contribution in [2.45, 2.75) is 40.2 Å². The Morgan fingerprint density at radius 3 is 2.59 bits per heavy atom. The van der Waals surface area contributed by atoms with E-state index in [2.05, 4.69) is 4.98 Å². The molecule has 1 unspecified atom stereocenters. The maximum atomic E-state index is 13.3. The molecule has 1 atom stereocenters. The highest BCUT2D eigenvalue weighted by atomic mass is 32.1. The Hall–Kier alpha value is -2.45. The van der Waals surface area contributed by atoms with Crippen molar-refractivity contribution in [2.75, 3.05) is 26.9 Å². The smallest absolute Gasteiger partial charge is 0.355 e. The summed E-state index contributed by atoms with van der Waals surface area (Å²) in [6, 6.07) is 2.87. The first kappa shape index (κ1) is 22.8. The number of carbonyl (C=O) groups excluding carboxylic acids is 3. The first-order valence-electron chi connectivity index (χ1n) is 9.57. The van der Waals surface area contributed by atoms with Gasteiger partial charge in [-0.05, 0) is 51.1 Å². The predicted molar refractivity (Wildman–Crippen MR) is 112 cm³/mol. The van der Waals surface area contributed by atoms with Crippen molar-refractivity contribution in [3.63, 3.8) is 0 Å². The van der Waals surface area contributed by atoms with Gasteiger partial charge in [0, 0.05) is 31.5 Å². The Morgan fingerprint density at radius 1 is 1.28 bits per heavy atom. The minimum absolute atomic E-state index is 0.187. The number of ketones is 1. The van der Waals surface area contributed by atoms with Gasteiger partial charge in [0.15, 0.2) is 5.78 Å². The van der Waals surface area contributed by atoms with Gasteiger partial charge in [-0.3, -0.25) is 9.59 Å². The summed E-state index contributed by atoms with van der Waals surface area (Å²) in [4.78, 5) is 43.6. The van der Waals surface area contributed by atoms with E-state index in [4.69, 9.17) is 9.47 Å². The fourth-order valence-corrected chi connectivity index (χ4v) is 3.95. The number of aryl methyl sites for hydroxylation is 1. The molecule has 2 rings (SSSR count). The van der Waals surface area contributed by atoms with Gasteiger partial charge in [-0.1, -0.05) is 6.07 Å². The highest BCUT2D eigenvalue weighted by Gasteiger charge is 2.31. The molecule has 7 nitrogen and oxygen atoms in total. The second kappa shape index (κ2) is 10.4. The third kappa shape index (κ3) is 5.13. The normalized spacial score (nSPS) is 11.9. The minimum Gasteiger partial charge on any atom is -0.461 e. The summed E-state index contributed by atoms with van der Waals surface area (Å²) < 4.78 is 10.2. The largest absolute Gasteiger partial charge is 0.461 e. The number of amides is 1. The summed E-state index contributed by atoms with van der Waals surface area (Å²) >= 11 is 1.34. The van der Waals surface area contributed by atoms with Gasteiger partial charge in [-0.2, -0.15) is 0 Å². The second-order valence-electron chi connectivity index (χ2n) is 6.71. The minimum atomic E-state index is -0.690. The molecule has 0 aliphatic carbocycles. The van der Waals surface area contributed by atoms with Crippen LogP contribution >= 0.6 is 11.3 Å². The maximum Gasteiger partial charge on any atom is 0.355 e. The fourth-order valence-electron chi connectivity index (χ4n) is 3.27. The van der Waals surface area contributed by atoms with Gasteiger partial charge >= 0.3 is 5.97 Å². The van der Waals surface area contributed by atoms with Crippen LogP contribution in [0.5, 0.6) is 0 Å². The van der Waals surface area contributed by atoms with Crippen LogP contribution < -0.4 is 0 Å². The molecule has 0 aromatic carbocycles. The molecule has 0 radical (unpaired) electrons. The number of hydrogen-bond donors (Lipinski definition) is 1. The summed E-state index contributed by atoms with van der Waals surface area (Å²) in [6.07, 6.45) is 0.615. The molecular weight excluding hydrogens is 392 g/mol. The van der Waals surface area contributed by atoms with Crippen molar-refractivity contribution in [1.29, 1.82) is 0 Å². The first-order chi connectivity index (χ1) is 13.8. The number of aromatic amines is 1. The average Bonchev–Trinajstić information content (AvgIpc) is 3.32. The molecule has 0 aliphatic rings. The van der Waals surface area contributed by atoms with E-state index in [-0.39, 0.29) is 24.0 Å². The molecule has 0 fully saturated rings. The fraction of sp³-hybridized carbons (Fsp3) is 0.476. The lowest BCUT2D eigenvalue weighted by atomic mass is 9.99.